The molecule has 0 aliphatic carbocycles. The number of hydrogen-bond donors (Lipinski definition) is 0. The van der Waals surface area contributed by atoms with Gasteiger partial charge in [-0.15, -0.1) is 0 Å². The van der Waals surface area contributed by atoms with Gasteiger partial charge >= 0.3 is 0 Å². The van der Waals surface area contributed by atoms with Gasteiger partial charge in [-0.3, -0.25) is 9.59 Å². The number of ether oxygens (including phenoxy) is 2. The van der Waals surface area contributed by atoms with Crippen LogP contribution in [0.3, 0.4) is 0 Å². The van der Waals surface area contributed by atoms with E-state index in [4.69, 9.17) is 9.47 Å². The van der Waals surface area contributed by atoms with Gasteiger partial charge in [-0.05, 0) is 49.4 Å². The molecule has 0 saturated carbocycles. The molecule has 5 rings (SSSR count). The van der Waals surface area contributed by atoms with Gasteiger partial charge in [0, 0.05) is 43.5 Å². The summed E-state index contributed by atoms with van der Waals surface area (Å²) in [6.45, 7) is 2.36. The van der Waals surface area contributed by atoms with E-state index in [1.165, 1.54) is 4.90 Å². The summed E-state index contributed by atoms with van der Waals surface area (Å²) in [5.41, 5.74) is 1.86. The quantitative estimate of drug-likeness (QED) is 0.398. The number of fused-ring (bicyclic) bond motifs is 1. The van der Waals surface area contributed by atoms with Gasteiger partial charge in [0.25, 0.3) is 11.8 Å². The largest absolute Gasteiger partial charge is 0.493 e. The molecule has 2 aromatic heterocycles. The SMILES string of the molecule is COc1ccc(-c2ccnc3cc(C(=O)N4CCN(C(=O)c5cc(F)ccc5F)C(C)C4)nn23)cc1OC. The van der Waals surface area contributed by atoms with Crippen molar-refractivity contribution in [3.63, 3.8) is 0 Å². The second-order valence-electron chi connectivity index (χ2n) is 8.92. The van der Waals surface area contributed by atoms with Crippen LogP contribution in [0.25, 0.3) is 16.9 Å². The molecule has 1 aliphatic heterocycles. The number of halogens is 2. The minimum Gasteiger partial charge on any atom is -0.493 e. The third-order valence-electron chi connectivity index (χ3n) is 6.59. The van der Waals surface area contributed by atoms with E-state index in [2.05, 4.69) is 10.1 Å². The molecule has 1 atom stereocenters. The molecular weight excluding hydrogens is 496 g/mol. The van der Waals surface area contributed by atoms with Gasteiger partial charge in [0.2, 0.25) is 0 Å². The van der Waals surface area contributed by atoms with Crippen LogP contribution in [0.15, 0.2) is 54.7 Å². The molecule has 3 heterocycles. The van der Waals surface area contributed by atoms with E-state index in [1.807, 2.05) is 12.1 Å². The third-order valence-corrected chi connectivity index (χ3v) is 6.59. The number of aromatic nitrogens is 3. The first-order valence-electron chi connectivity index (χ1n) is 11.9. The summed E-state index contributed by atoms with van der Waals surface area (Å²) >= 11 is 0. The summed E-state index contributed by atoms with van der Waals surface area (Å²) in [6, 6.07) is 11.2. The first-order chi connectivity index (χ1) is 18.3. The molecule has 11 heteroatoms. The van der Waals surface area contributed by atoms with Crippen LogP contribution in [0.5, 0.6) is 11.5 Å². The Balaban J connectivity index is 1.37. The van der Waals surface area contributed by atoms with E-state index < -0.39 is 23.6 Å². The van der Waals surface area contributed by atoms with Gasteiger partial charge in [0.05, 0.1) is 25.5 Å². The van der Waals surface area contributed by atoms with Crippen LogP contribution < -0.4 is 9.47 Å². The minimum absolute atomic E-state index is 0.171. The highest BCUT2D eigenvalue weighted by Gasteiger charge is 2.33. The number of rotatable bonds is 5. The van der Waals surface area contributed by atoms with E-state index in [9.17, 15) is 18.4 Å². The number of carbonyl (C=O) groups excluding carboxylic acids is 2. The van der Waals surface area contributed by atoms with E-state index in [0.717, 1.165) is 23.8 Å². The molecule has 1 saturated heterocycles. The zero-order chi connectivity index (χ0) is 27.0. The van der Waals surface area contributed by atoms with Gasteiger partial charge in [-0.2, -0.15) is 5.10 Å². The summed E-state index contributed by atoms with van der Waals surface area (Å²) < 4.78 is 40.1. The standard InChI is InChI=1S/C27H25F2N5O4/c1-16-15-32(10-11-33(16)26(35)19-13-18(28)5-6-20(19)29)27(36)21-14-25-30-9-8-22(34(25)31-21)17-4-7-23(37-2)24(12-17)38-3/h4-9,12-14,16H,10-11,15H2,1-3H3. The Morgan fingerprint density at radius 1 is 0.947 bits per heavy atom. The van der Waals surface area contributed by atoms with Crippen molar-refractivity contribution in [3.8, 4) is 22.8 Å². The molecule has 1 fully saturated rings. The van der Waals surface area contributed by atoms with Crippen molar-refractivity contribution in [1.82, 2.24) is 24.4 Å². The number of carbonyl (C=O) groups is 2. The van der Waals surface area contributed by atoms with E-state index in [1.54, 1.807) is 55.0 Å². The van der Waals surface area contributed by atoms with Crippen LogP contribution in [-0.4, -0.2) is 76.1 Å². The van der Waals surface area contributed by atoms with Gasteiger partial charge in [-0.1, -0.05) is 0 Å². The normalized spacial score (nSPS) is 15.6. The monoisotopic (exact) mass is 521 g/mol. The van der Waals surface area contributed by atoms with Crippen LogP contribution in [0.4, 0.5) is 8.78 Å². The molecule has 9 nitrogen and oxygen atoms in total. The van der Waals surface area contributed by atoms with Gasteiger partial charge in [0.15, 0.2) is 22.8 Å². The summed E-state index contributed by atoms with van der Waals surface area (Å²) in [6.07, 6.45) is 1.63. The van der Waals surface area contributed by atoms with Crippen molar-refractivity contribution in [2.75, 3.05) is 33.9 Å². The molecule has 1 unspecified atom stereocenters. The van der Waals surface area contributed by atoms with E-state index in [-0.39, 0.29) is 36.8 Å². The van der Waals surface area contributed by atoms with Gasteiger partial charge < -0.3 is 19.3 Å². The van der Waals surface area contributed by atoms with Gasteiger partial charge in [-0.25, -0.2) is 18.3 Å². The average Bonchev–Trinajstić information content (AvgIpc) is 3.37. The van der Waals surface area contributed by atoms with Crippen molar-refractivity contribution < 1.29 is 27.8 Å². The molecule has 0 bridgehead atoms. The lowest BCUT2D eigenvalue weighted by atomic mass is 10.1. The molecular formula is C27H25F2N5O4. The van der Waals surface area contributed by atoms with Crippen molar-refractivity contribution in [1.29, 1.82) is 0 Å². The van der Waals surface area contributed by atoms with Crippen molar-refractivity contribution in [2.45, 2.75) is 13.0 Å². The lowest BCUT2D eigenvalue weighted by molar-refractivity contribution is 0.0408. The lowest BCUT2D eigenvalue weighted by Crippen LogP contribution is -2.55. The molecule has 0 spiro atoms. The Labute approximate surface area is 217 Å². The predicted octanol–water partition coefficient (Wildman–Crippen LogP) is 3.68. The molecule has 38 heavy (non-hydrogen) atoms. The molecule has 0 N–H and O–H groups in total. The highest BCUT2D eigenvalue weighted by Crippen LogP contribution is 2.32. The Hall–Kier alpha value is -4.54. The number of benzene rings is 2. The highest BCUT2D eigenvalue weighted by atomic mass is 19.1. The molecule has 4 aromatic rings. The first-order valence-corrected chi connectivity index (χ1v) is 11.9. The Kier molecular flexibility index (Phi) is 6.66. The second kappa shape index (κ2) is 10.1. The van der Waals surface area contributed by atoms with Crippen LogP contribution in [0.1, 0.15) is 27.8 Å². The molecule has 2 amide bonds. The maximum Gasteiger partial charge on any atom is 0.274 e. The van der Waals surface area contributed by atoms with Crippen molar-refractivity contribution in [2.24, 2.45) is 0 Å². The maximum atomic E-state index is 14.2. The van der Waals surface area contributed by atoms with Crippen LogP contribution >= 0.6 is 0 Å². The van der Waals surface area contributed by atoms with Crippen molar-refractivity contribution in [3.05, 3.63) is 77.6 Å². The lowest BCUT2D eigenvalue weighted by Gasteiger charge is -2.39. The second-order valence-corrected chi connectivity index (χ2v) is 8.92. The minimum atomic E-state index is -0.787. The molecule has 0 radical (unpaired) electrons. The maximum absolute atomic E-state index is 14.2. The summed E-state index contributed by atoms with van der Waals surface area (Å²) in [5.74, 6) is -1.26. The number of hydrogen-bond acceptors (Lipinski definition) is 6. The topological polar surface area (TPSA) is 89.3 Å². The van der Waals surface area contributed by atoms with E-state index >= 15 is 0 Å². The Bertz CT molecular complexity index is 1540. The number of amides is 2. The number of piperazine rings is 1. The fourth-order valence-electron chi connectivity index (χ4n) is 4.64. The number of methoxy groups -OCH3 is 2. The third kappa shape index (κ3) is 4.51. The van der Waals surface area contributed by atoms with E-state index in [0.29, 0.717) is 22.8 Å². The van der Waals surface area contributed by atoms with Crippen molar-refractivity contribution >= 4 is 17.5 Å². The summed E-state index contributed by atoms with van der Waals surface area (Å²) in [4.78, 5) is 33.6. The zero-order valence-electron chi connectivity index (χ0n) is 21.0. The molecule has 196 valence electrons. The Morgan fingerprint density at radius 2 is 1.74 bits per heavy atom. The van der Waals surface area contributed by atoms with Gasteiger partial charge in [0.1, 0.15) is 11.6 Å². The van der Waals surface area contributed by atoms with Crippen LogP contribution in [0, 0.1) is 11.6 Å². The zero-order valence-corrected chi connectivity index (χ0v) is 21.0. The van der Waals surface area contributed by atoms with Crippen LogP contribution in [0.2, 0.25) is 0 Å². The summed E-state index contributed by atoms with van der Waals surface area (Å²) in [7, 11) is 3.11. The molecule has 2 aromatic carbocycles. The smallest absolute Gasteiger partial charge is 0.274 e. The predicted molar refractivity (Wildman–Crippen MR) is 134 cm³/mol. The Morgan fingerprint density at radius 3 is 2.47 bits per heavy atom. The molecule has 1 aliphatic rings. The van der Waals surface area contributed by atoms with Crippen LogP contribution in [-0.2, 0) is 0 Å². The fourth-order valence-corrected chi connectivity index (χ4v) is 4.64. The average molecular weight is 522 g/mol. The highest BCUT2D eigenvalue weighted by molar-refractivity contribution is 5.96. The fraction of sp³-hybridized carbons (Fsp3) is 0.259. The first kappa shape index (κ1) is 25.1. The number of nitrogens with zero attached hydrogens (tertiary/aromatic N) is 5. The summed E-state index contributed by atoms with van der Waals surface area (Å²) in [5, 5.41) is 4.53.